The van der Waals surface area contributed by atoms with Crippen LogP contribution in [0.25, 0.3) is 0 Å². The van der Waals surface area contributed by atoms with E-state index in [1.54, 1.807) is 0 Å². The molecule has 0 saturated carbocycles. The van der Waals surface area contributed by atoms with Crippen LogP contribution in [0.2, 0.25) is 0 Å². The first-order valence-corrected chi connectivity index (χ1v) is 6.34. The average molecular weight is 220 g/mol. The Morgan fingerprint density at radius 2 is 2.12 bits per heavy atom. The maximum atomic E-state index is 4.40. The summed E-state index contributed by atoms with van der Waals surface area (Å²) < 4.78 is 0. The number of nitrogens with zero attached hydrogens (tertiary/aromatic N) is 1. The lowest BCUT2D eigenvalue weighted by atomic mass is 9.91. The molecule has 2 heteroatoms. The minimum atomic E-state index is 0.789. The van der Waals surface area contributed by atoms with Crippen LogP contribution in [0.5, 0.6) is 0 Å². The maximum absolute atomic E-state index is 4.40. The Morgan fingerprint density at radius 1 is 1.25 bits per heavy atom. The largest absolute Gasteiger partial charge is 0.391 e. The SMILES string of the molecule is CC(C)CC1CCN=C/C=C\C=C\NCC1. The molecule has 0 radical (unpaired) electrons. The second-order valence-corrected chi connectivity index (χ2v) is 4.83. The Morgan fingerprint density at radius 3 is 2.94 bits per heavy atom. The van der Waals surface area contributed by atoms with E-state index in [2.05, 4.69) is 24.2 Å². The van der Waals surface area contributed by atoms with Crippen LogP contribution in [-0.4, -0.2) is 19.3 Å². The topological polar surface area (TPSA) is 24.4 Å². The molecule has 16 heavy (non-hydrogen) atoms. The molecule has 1 N–H and O–H groups in total. The first kappa shape index (κ1) is 13.0. The van der Waals surface area contributed by atoms with Gasteiger partial charge in [0.05, 0.1) is 0 Å². The second-order valence-electron chi connectivity index (χ2n) is 4.83. The molecule has 1 rings (SSSR count). The Labute approximate surface area is 99.5 Å². The normalized spacial score (nSPS) is 26.6. The molecule has 0 amide bonds. The van der Waals surface area contributed by atoms with Crippen molar-refractivity contribution < 1.29 is 0 Å². The van der Waals surface area contributed by atoms with Gasteiger partial charge in [0.15, 0.2) is 0 Å². The second kappa shape index (κ2) is 8.14. The van der Waals surface area contributed by atoms with Crippen LogP contribution in [0.1, 0.15) is 33.1 Å². The molecule has 0 aromatic carbocycles. The summed E-state index contributed by atoms with van der Waals surface area (Å²) in [7, 11) is 0. The van der Waals surface area contributed by atoms with Crippen LogP contribution in [0, 0.1) is 11.8 Å². The zero-order valence-corrected chi connectivity index (χ0v) is 10.5. The monoisotopic (exact) mass is 220 g/mol. The van der Waals surface area contributed by atoms with Crippen molar-refractivity contribution in [1.29, 1.82) is 0 Å². The van der Waals surface area contributed by atoms with E-state index in [1.807, 2.05) is 30.6 Å². The molecule has 2 nitrogen and oxygen atoms in total. The van der Waals surface area contributed by atoms with E-state index in [0.717, 1.165) is 24.9 Å². The summed E-state index contributed by atoms with van der Waals surface area (Å²) in [4.78, 5) is 4.40. The summed E-state index contributed by atoms with van der Waals surface area (Å²) in [5, 5.41) is 3.33. The fourth-order valence-corrected chi connectivity index (χ4v) is 2.05. The van der Waals surface area contributed by atoms with Crippen LogP contribution in [0.4, 0.5) is 0 Å². The molecule has 0 spiro atoms. The van der Waals surface area contributed by atoms with Crippen molar-refractivity contribution in [1.82, 2.24) is 5.32 Å². The third-order valence-electron chi connectivity index (χ3n) is 2.80. The summed E-state index contributed by atoms with van der Waals surface area (Å²) in [5.74, 6) is 1.60. The van der Waals surface area contributed by atoms with Crippen LogP contribution >= 0.6 is 0 Å². The molecule has 90 valence electrons. The van der Waals surface area contributed by atoms with Gasteiger partial charge in [0.2, 0.25) is 0 Å². The molecule has 1 atom stereocenters. The smallest absolute Gasteiger partial charge is 0.0391 e. The van der Waals surface area contributed by atoms with E-state index >= 15 is 0 Å². The zero-order valence-electron chi connectivity index (χ0n) is 10.5. The first-order valence-electron chi connectivity index (χ1n) is 6.34. The Kier molecular flexibility index (Phi) is 6.62. The van der Waals surface area contributed by atoms with Gasteiger partial charge in [0, 0.05) is 19.3 Å². The van der Waals surface area contributed by atoms with Gasteiger partial charge < -0.3 is 5.32 Å². The summed E-state index contributed by atoms with van der Waals surface area (Å²) in [6.45, 7) is 6.64. The molecule has 0 bridgehead atoms. The van der Waals surface area contributed by atoms with Gasteiger partial charge in [-0.25, -0.2) is 0 Å². The number of allylic oxidation sites excluding steroid dienone is 3. The van der Waals surface area contributed by atoms with Crippen molar-refractivity contribution in [3.8, 4) is 0 Å². The molecule has 0 aromatic rings. The molecule has 1 aliphatic rings. The van der Waals surface area contributed by atoms with Crippen molar-refractivity contribution in [2.75, 3.05) is 13.1 Å². The third-order valence-corrected chi connectivity index (χ3v) is 2.80. The Bertz CT molecular complexity index is 251. The van der Waals surface area contributed by atoms with Crippen LogP contribution in [0.15, 0.2) is 29.4 Å². The maximum Gasteiger partial charge on any atom is 0.0391 e. The quantitative estimate of drug-likeness (QED) is 0.759. The number of rotatable bonds is 2. The summed E-state index contributed by atoms with van der Waals surface area (Å²) in [6, 6.07) is 0. The van der Waals surface area contributed by atoms with Gasteiger partial charge in [-0.05, 0) is 49.5 Å². The lowest BCUT2D eigenvalue weighted by Gasteiger charge is -2.18. The molecular weight excluding hydrogens is 196 g/mol. The zero-order chi connectivity index (χ0) is 11.6. The van der Waals surface area contributed by atoms with Crippen LogP contribution in [0.3, 0.4) is 0 Å². The van der Waals surface area contributed by atoms with Crippen molar-refractivity contribution >= 4 is 6.21 Å². The highest BCUT2D eigenvalue weighted by atomic mass is 14.8. The fraction of sp³-hybridized carbons (Fsp3) is 0.643. The lowest BCUT2D eigenvalue weighted by molar-refractivity contribution is 0.367. The number of hydrogen-bond donors (Lipinski definition) is 1. The highest BCUT2D eigenvalue weighted by molar-refractivity contribution is 5.71. The highest BCUT2D eigenvalue weighted by Gasteiger charge is 2.09. The average Bonchev–Trinajstić information content (AvgIpc) is 2.21. The standard InChI is InChI=1S/C14H24N2/c1-13(2)12-14-6-10-15-8-4-3-5-9-16-11-7-14/h3-5,8-9,13-15H,6-7,10-12H2,1-2H3/b5-3-,8-4+,16-9?. The fourth-order valence-electron chi connectivity index (χ4n) is 2.05. The van der Waals surface area contributed by atoms with Crippen molar-refractivity contribution in [2.24, 2.45) is 16.8 Å². The summed E-state index contributed by atoms with van der Waals surface area (Å²) in [6.07, 6.45) is 13.7. The van der Waals surface area contributed by atoms with Gasteiger partial charge in [-0.1, -0.05) is 19.9 Å². The first-order chi connectivity index (χ1) is 7.79. The molecule has 0 aliphatic carbocycles. The Balaban J connectivity index is 2.44. The van der Waals surface area contributed by atoms with Gasteiger partial charge in [0.1, 0.15) is 0 Å². The van der Waals surface area contributed by atoms with E-state index in [9.17, 15) is 0 Å². The van der Waals surface area contributed by atoms with Gasteiger partial charge in [-0.3, -0.25) is 4.99 Å². The van der Waals surface area contributed by atoms with Gasteiger partial charge in [-0.2, -0.15) is 0 Å². The predicted molar refractivity (Wildman–Crippen MR) is 71.8 cm³/mol. The van der Waals surface area contributed by atoms with E-state index in [-0.39, 0.29) is 0 Å². The van der Waals surface area contributed by atoms with E-state index in [1.165, 1.54) is 19.3 Å². The highest BCUT2D eigenvalue weighted by Crippen LogP contribution is 2.18. The van der Waals surface area contributed by atoms with Gasteiger partial charge >= 0.3 is 0 Å². The molecule has 1 aliphatic heterocycles. The van der Waals surface area contributed by atoms with Crippen molar-refractivity contribution in [3.05, 3.63) is 24.4 Å². The lowest BCUT2D eigenvalue weighted by Crippen LogP contribution is -2.15. The number of aliphatic imine (C=N–C) groups is 1. The van der Waals surface area contributed by atoms with E-state index in [4.69, 9.17) is 0 Å². The van der Waals surface area contributed by atoms with Crippen molar-refractivity contribution in [3.63, 3.8) is 0 Å². The molecule has 0 fully saturated rings. The molecule has 0 aromatic heterocycles. The van der Waals surface area contributed by atoms with Crippen molar-refractivity contribution in [2.45, 2.75) is 33.1 Å². The third kappa shape index (κ3) is 6.44. The Hall–Kier alpha value is -1.05. The minimum Gasteiger partial charge on any atom is -0.391 e. The van der Waals surface area contributed by atoms with E-state index in [0.29, 0.717) is 0 Å². The number of hydrogen-bond acceptors (Lipinski definition) is 2. The number of nitrogens with one attached hydrogen (secondary N) is 1. The summed E-state index contributed by atoms with van der Waals surface area (Å²) in [5.41, 5.74) is 0. The molecule has 1 heterocycles. The molecular formula is C14H24N2. The van der Waals surface area contributed by atoms with E-state index < -0.39 is 0 Å². The van der Waals surface area contributed by atoms with Crippen LogP contribution in [-0.2, 0) is 0 Å². The minimum absolute atomic E-state index is 0.789. The molecule has 1 unspecified atom stereocenters. The summed E-state index contributed by atoms with van der Waals surface area (Å²) >= 11 is 0. The van der Waals surface area contributed by atoms with Gasteiger partial charge in [0.25, 0.3) is 0 Å². The van der Waals surface area contributed by atoms with Crippen LogP contribution < -0.4 is 5.32 Å². The van der Waals surface area contributed by atoms with Gasteiger partial charge in [-0.15, -0.1) is 0 Å². The predicted octanol–water partition coefficient (Wildman–Crippen LogP) is 3.17. The molecule has 0 saturated heterocycles.